The van der Waals surface area contributed by atoms with Crippen molar-refractivity contribution in [2.75, 3.05) is 30.9 Å². The van der Waals surface area contributed by atoms with Crippen LogP contribution in [0.4, 0.5) is 21.7 Å². The maximum atomic E-state index is 13.6. The van der Waals surface area contributed by atoms with Crippen molar-refractivity contribution in [1.82, 2.24) is 24.5 Å². The Morgan fingerprint density at radius 1 is 1.30 bits per heavy atom. The van der Waals surface area contributed by atoms with Gasteiger partial charge in [-0.1, -0.05) is 0 Å². The van der Waals surface area contributed by atoms with E-state index in [4.69, 9.17) is 4.74 Å². The Kier molecular flexibility index (Phi) is 5.71. The standard InChI is InChI=1S/C22H26FN7O3/c1-24-19-10-18(26-17-5-2-8-29(22(17)32)13-4-3-9-33-12-13)28-20-14(11-25-30(19)20)21(31)27-16-7-6-15(16)23/h2,5,8,10-11,13,15-16,24H,3-4,6-7,9,12H2,1H3,(H,26,28)(H,27,31)/t13-,15+,16+/m0/s1. The van der Waals surface area contributed by atoms with Crippen LogP contribution in [0.15, 0.2) is 35.4 Å². The van der Waals surface area contributed by atoms with Crippen molar-refractivity contribution in [3.05, 3.63) is 46.5 Å². The number of aromatic nitrogens is 4. The summed E-state index contributed by atoms with van der Waals surface area (Å²) in [5.41, 5.74) is 0.723. The molecular weight excluding hydrogens is 429 g/mol. The number of anilines is 3. The second-order valence-electron chi connectivity index (χ2n) is 8.37. The zero-order valence-corrected chi connectivity index (χ0v) is 18.3. The number of carbonyl (C=O) groups is 1. The van der Waals surface area contributed by atoms with E-state index in [-0.39, 0.29) is 17.2 Å². The zero-order valence-electron chi connectivity index (χ0n) is 18.3. The molecule has 3 aromatic rings. The highest BCUT2D eigenvalue weighted by atomic mass is 19.1. The SMILES string of the molecule is CNc1cc(Nc2cccn([C@H]3CCCOC3)c2=O)nc2c(C(=O)N[C@@H]3CC[C@H]3F)cnn12. The number of halogens is 1. The predicted molar refractivity (Wildman–Crippen MR) is 121 cm³/mol. The Labute approximate surface area is 189 Å². The van der Waals surface area contributed by atoms with Gasteiger partial charge in [-0.05, 0) is 37.8 Å². The molecule has 11 heteroatoms. The van der Waals surface area contributed by atoms with Gasteiger partial charge in [0.15, 0.2) is 5.65 Å². The van der Waals surface area contributed by atoms with E-state index >= 15 is 0 Å². The van der Waals surface area contributed by atoms with Gasteiger partial charge in [-0.3, -0.25) is 9.59 Å². The number of nitrogens with zero attached hydrogens (tertiary/aromatic N) is 4. The minimum absolute atomic E-state index is 0.00715. The van der Waals surface area contributed by atoms with Crippen molar-refractivity contribution in [3.63, 3.8) is 0 Å². The van der Waals surface area contributed by atoms with Gasteiger partial charge in [0.2, 0.25) is 0 Å². The molecule has 2 fully saturated rings. The summed E-state index contributed by atoms with van der Waals surface area (Å²) < 4.78 is 22.3. The number of nitrogens with one attached hydrogen (secondary N) is 3. The zero-order chi connectivity index (χ0) is 22.9. The summed E-state index contributed by atoms with van der Waals surface area (Å²) in [5.74, 6) is 0.525. The summed E-state index contributed by atoms with van der Waals surface area (Å²) in [4.78, 5) is 30.4. The maximum Gasteiger partial charge on any atom is 0.274 e. The highest BCUT2D eigenvalue weighted by molar-refractivity contribution is 6.00. The summed E-state index contributed by atoms with van der Waals surface area (Å²) in [7, 11) is 1.72. The Balaban J connectivity index is 1.46. The molecule has 1 amide bonds. The van der Waals surface area contributed by atoms with Crippen LogP contribution in [0.2, 0.25) is 0 Å². The van der Waals surface area contributed by atoms with E-state index in [9.17, 15) is 14.0 Å². The van der Waals surface area contributed by atoms with Crippen LogP contribution in [0.5, 0.6) is 0 Å². The van der Waals surface area contributed by atoms with Crippen molar-refractivity contribution >= 4 is 28.9 Å². The molecule has 2 aliphatic rings. The third-order valence-corrected chi connectivity index (χ3v) is 6.25. The molecule has 4 heterocycles. The first-order valence-corrected chi connectivity index (χ1v) is 11.1. The molecule has 1 aliphatic heterocycles. The summed E-state index contributed by atoms with van der Waals surface area (Å²) in [6, 6.07) is 4.71. The van der Waals surface area contributed by atoms with Crippen molar-refractivity contribution in [2.24, 2.45) is 0 Å². The Hall–Kier alpha value is -3.47. The van der Waals surface area contributed by atoms with E-state index < -0.39 is 18.1 Å². The number of amides is 1. The molecule has 0 aromatic carbocycles. The van der Waals surface area contributed by atoms with Gasteiger partial charge in [0.1, 0.15) is 29.1 Å². The van der Waals surface area contributed by atoms with E-state index in [0.717, 1.165) is 12.8 Å². The molecule has 3 N–H and O–H groups in total. The molecule has 0 unspecified atom stereocenters. The molecular formula is C22H26FN7O3. The fraction of sp³-hybridized carbons (Fsp3) is 0.455. The lowest BCUT2D eigenvalue weighted by molar-refractivity contribution is 0.0581. The predicted octanol–water partition coefficient (Wildman–Crippen LogP) is 2.26. The maximum absolute atomic E-state index is 13.6. The minimum atomic E-state index is -1.02. The fourth-order valence-corrected chi connectivity index (χ4v) is 4.21. The van der Waals surface area contributed by atoms with Crippen LogP contribution >= 0.6 is 0 Å². The van der Waals surface area contributed by atoms with Crippen molar-refractivity contribution < 1.29 is 13.9 Å². The molecule has 0 bridgehead atoms. The number of pyridine rings is 1. The summed E-state index contributed by atoms with van der Waals surface area (Å²) in [6.07, 6.45) is 5.01. The third kappa shape index (κ3) is 4.04. The van der Waals surface area contributed by atoms with Crippen molar-refractivity contribution in [3.8, 4) is 0 Å². The average Bonchev–Trinajstić information content (AvgIpc) is 3.27. The van der Waals surface area contributed by atoms with Crippen molar-refractivity contribution in [1.29, 1.82) is 0 Å². The number of hydrogen-bond acceptors (Lipinski definition) is 7. The summed E-state index contributed by atoms with van der Waals surface area (Å²) >= 11 is 0. The molecule has 3 aromatic heterocycles. The van der Waals surface area contributed by atoms with Gasteiger partial charge in [0, 0.05) is 25.9 Å². The first kappa shape index (κ1) is 21.4. The van der Waals surface area contributed by atoms with E-state index in [1.165, 1.54) is 10.7 Å². The Morgan fingerprint density at radius 3 is 2.88 bits per heavy atom. The fourth-order valence-electron chi connectivity index (χ4n) is 4.21. The number of rotatable bonds is 6. The molecule has 33 heavy (non-hydrogen) atoms. The first-order chi connectivity index (χ1) is 16.0. The lowest BCUT2D eigenvalue weighted by Gasteiger charge is -2.30. The molecule has 0 spiro atoms. The Morgan fingerprint density at radius 2 is 2.18 bits per heavy atom. The Bertz CT molecular complexity index is 1230. The molecule has 0 radical (unpaired) electrons. The smallest absolute Gasteiger partial charge is 0.274 e. The second-order valence-corrected chi connectivity index (χ2v) is 8.37. The van der Waals surface area contributed by atoms with E-state index in [1.807, 2.05) is 0 Å². The monoisotopic (exact) mass is 455 g/mol. The summed E-state index contributed by atoms with van der Waals surface area (Å²) in [6.45, 7) is 1.22. The lowest BCUT2D eigenvalue weighted by Crippen LogP contribution is -2.48. The molecule has 174 valence electrons. The number of alkyl halides is 1. The lowest BCUT2D eigenvalue weighted by atomic mass is 9.90. The normalized spacial score (nSPS) is 22.5. The first-order valence-electron chi connectivity index (χ1n) is 11.1. The number of hydrogen-bond donors (Lipinski definition) is 3. The quantitative estimate of drug-likeness (QED) is 0.522. The van der Waals surface area contributed by atoms with Crippen LogP contribution < -0.4 is 21.5 Å². The third-order valence-electron chi connectivity index (χ3n) is 6.25. The molecule has 1 saturated heterocycles. The van der Waals surface area contributed by atoms with Crippen LogP contribution in [0.1, 0.15) is 42.1 Å². The highest BCUT2D eigenvalue weighted by Gasteiger charge is 2.33. The largest absolute Gasteiger partial charge is 0.379 e. The molecule has 1 saturated carbocycles. The summed E-state index contributed by atoms with van der Waals surface area (Å²) in [5, 5.41) is 13.1. The van der Waals surface area contributed by atoms with Gasteiger partial charge in [0.25, 0.3) is 11.5 Å². The van der Waals surface area contributed by atoms with Gasteiger partial charge in [-0.15, -0.1) is 0 Å². The van der Waals surface area contributed by atoms with Crippen LogP contribution in [-0.2, 0) is 4.74 Å². The van der Waals surface area contributed by atoms with Gasteiger partial charge in [-0.25, -0.2) is 9.37 Å². The topological polar surface area (TPSA) is 115 Å². The molecule has 5 rings (SSSR count). The van der Waals surface area contributed by atoms with Crippen LogP contribution in [-0.4, -0.2) is 57.5 Å². The van der Waals surface area contributed by atoms with E-state index in [1.54, 1.807) is 36.0 Å². The molecule has 1 aliphatic carbocycles. The van der Waals surface area contributed by atoms with Crippen LogP contribution in [0.25, 0.3) is 5.65 Å². The number of fused-ring (bicyclic) bond motifs is 1. The van der Waals surface area contributed by atoms with Gasteiger partial charge >= 0.3 is 0 Å². The van der Waals surface area contributed by atoms with Crippen molar-refractivity contribution in [2.45, 2.75) is 43.9 Å². The van der Waals surface area contributed by atoms with Crippen LogP contribution in [0, 0.1) is 0 Å². The van der Waals surface area contributed by atoms with E-state index in [2.05, 4.69) is 26.0 Å². The highest BCUT2D eigenvalue weighted by Crippen LogP contribution is 2.25. The van der Waals surface area contributed by atoms with Gasteiger partial charge in [0.05, 0.1) is 24.9 Å². The molecule has 3 atom stereocenters. The average molecular weight is 455 g/mol. The van der Waals surface area contributed by atoms with Gasteiger partial charge < -0.3 is 25.3 Å². The minimum Gasteiger partial charge on any atom is -0.379 e. The molecule has 10 nitrogen and oxygen atoms in total. The number of carbonyl (C=O) groups excluding carboxylic acids is 1. The van der Waals surface area contributed by atoms with Gasteiger partial charge in [-0.2, -0.15) is 9.61 Å². The van der Waals surface area contributed by atoms with E-state index in [0.29, 0.717) is 49.0 Å². The number of ether oxygens (including phenoxy) is 1. The van der Waals surface area contributed by atoms with Crippen LogP contribution in [0.3, 0.4) is 0 Å². The second kappa shape index (κ2) is 8.81.